The third kappa shape index (κ3) is 2.62. The molecule has 3 nitrogen and oxygen atoms in total. The number of halogens is 1. The summed E-state index contributed by atoms with van der Waals surface area (Å²) in [5.74, 6) is -0.363. The van der Waals surface area contributed by atoms with Crippen LogP contribution in [-0.2, 0) is 4.74 Å². The van der Waals surface area contributed by atoms with Gasteiger partial charge in [0, 0.05) is 12.2 Å². The third-order valence-electron chi connectivity index (χ3n) is 3.28. The molecule has 0 bridgehead atoms. The summed E-state index contributed by atoms with van der Waals surface area (Å²) in [6.07, 6.45) is 1.06. The fourth-order valence-electron chi connectivity index (χ4n) is 2.30. The lowest BCUT2D eigenvalue weighted by Crippen LogP contribution is -2.48. The average molecular weight is 248 g/mol. The smallest absolute Gasteiger partial charge is 0.126 e. The Morgan fingerprint density at radius 1 is 1.50 bits per heavy atom. The van der Waals surface area contributed by atoms with E-state index in [9.17, 15) is 4.39 Å². The molecular weight excluding hydrogens is 231 g/mol. The van der Waals surface area contributed by atoms with Crippen LogP contribution in [0.25, 0.3) is 0 Å². The number of benzene rings is 1. The van der Waals surface area contributed by atoms with Gasteiger partial charge in [-0.25, -0.2) is 4.39 Å². The van der Waals surface area contributed by atoms with Crippen molar-refractivity contribution in [1.29, 1.82) is 5.26 Å². The molecular formula is C14H17FN2O. The van der Waals surface area contributed by atoms with Crippen molar-refractivity contribution < 1.29 is 9.13 Å². The first-order valence-electron chi connectivity index (χ1n) is 6.23. The number of rotatable bonds is 2. The lowest BCUT2D eigenvalue weighted by molar-refractivity contribution is 0.0299. The van der Waals surface area contributed by atoms with E-state index < -0.39 is 0 Å². The maximum atomic E-state index is 13.5. The molecule has 2 atom stereocenters. The van der Waals surface area contributed by atoms with Crippen LogP contribution in [0.2, 0.25) is 0 Å². The van der Waals surface area contributed by atoms with Gasteiger partial charge in [-0.2, -0.15) is 5.26 Å². The molecule has 0 radical (unpaired) electrons. The zero-order valence-electron chi connectivity index (χ0n) is 10.7. The molecule has 0 aliphatic carbocycles. The summed E-state index contributed by atoms with van der Waals surface area (Å²) < 4.78 is 19.1. The fourth-order valence-corrected chi connectivity index (χ4v) is 2.30. The highest BCUT2D eigenvalue weighted by Crippen LogP contribution is 2.25. The van der Waals surface area contributed by atoms with Crippen LogP contribution in [-0.4, -0.2) is 25.3 Å². The van der Waals surface area contributed by atoms with Crippen molar-refractivity contribution in [3.8, 4) is 6.07 Å². The van der Waals surface area contributed by atoms with Gasteiger partial charge >= 0.3 is 0 Å². The second kappa shape index (κ2) is 5.36. The first kappa shape index (κ1) is 12.8. The van der Waals surface area contributed by atoms with Crippen molar-refractivity contribution in [1.82, 2.24) is 0 Å². The molecule has 0 aromatic heterocycles. The monoisotopic (exact) mass is 248 g/mol. The predicted octanol–water partition coefficient (Wildman–Crippen LogP) is 2.70. The van der Waals surface area contributed by atoms with Crippen LogP contribution < -0.4 is 4.90 Å². The van der Waals surface area contributed by atoms with Crippen LogP contribution in [0.4, 0.5) is 10.1 Å². The summed E-state index contributed by atoms with van der Waals surface area (Å²) in [5.41, 5.74) is 1.13. The van der Waals surface area contributed by atoms with E-state index in [1.165, 1.54) is 12.1 Å². The molecule has 4 heteroatoms. The molecule has 1 aromatic carbocycles. The molecule has 2 rings (SSSR count). The zero-order chi connectivity index (χ0) is 13.1. The van der Waals surface area contributed by atoms with Crippen molar-refractivity contribution in [3.63, 3.8) is 0 Å². The summed E-state index contributed by atoms with van der Waals surface area (Å²) in [6.45, 7) is 5.47. The molecule has 0 N–H and O–H groups in total. The number of hydrogen-bond donors (Lipinski definition) is 0. The minimum atomic E-state index is -0.363. The van der Waals surface area contributed by atoms with E-state index in [2.05, 4.69) is 11.8 Å². The van der Waals surface area contributed by atoms with Gasteiger partial charge in [-0.3, -0.25) is 0 Å². The highest BCUT2D eigenvalue weighted by molar-refractivity contribution is 5.53. The maximum Gasteiger partial charge on any atom is 0.126 e. The molecule has 1 aliphatic heterocycles. The summed E-state index contributed by atoms with van der Waals surface area (Å²) in [4.78, 5) is 2.14. The Morgan fingerprint density at radius 2 is 2.28 bits per heavy atom. The van der Waals surface area contributed by atoms with Gasteiger partial charge in [0.1, 0.15) is 5.82 Å². The predicted molar refractivity (Wildman–Crippen MR) is 68.0 cm³/mol. The Bertz CT molecular complexity index is 469. The highest BCUT2D eigenvalue weighted by atomic mass is 19.1. The van der Waals surface area contributed by atoms with Crippen molar-refractivity contribution in [3.05, 3.63) is 29.6 Å². The van der Waals surface area contributed by atoms with Crippen LogP contribution in [0.15, 0.2) is 18.2 Å². The lowest BCUT2D eigenvalue weighted by atomic mass is 10.1. The van der Waals surface area contributed by atoms with Gasteiger partial charge in [-0.15, -0.1) is 0 Å². The van der Waals surface area contributed by atoms with Crippen LogP contribution in [0.3, 0.4) is 0 Å². The van der Waals surface area contributed by atoms with Gasteiger partial charge < -0.3 is 9.64 Å². The Kier molecular flexibility index (Phi) is 3.83. The summed E-state index contributed by atoms with van der Waals surface area (Å²) in [6, 6.07) is 6.72. The van der Waals surface area contributed by atoms with Crippen LogP contribution in [0.1, 0.15) is 25.8 Å². The topological polar surface area (TPSA) is 36.3 Å². The van der Waals surface area contributed by atoms with Gasteiger partial charge in [0.2, 0.25) is 0 Å². The fraction of sp³-hybridized carbons (Fsp3) is 0.500. The molecule has 1 heterocycles. The Hall–Kier alpha value is -1.60. The molecule has 1 aliphatic rings. The summed E-state index contributed by atoms with van der Waals surface area (Å²) in [7, 11) is 0. The second-order valence-corrected chi connectivity index (χ2v) is 4.67. The lowest BCUT2D eigenvalue weighted by Gasteiger charge is -2.40. The molecule has 1 aromatic rings. The van der Waals surface area contributed by atoms with Gasteiger partial charge in [-0.1, -0.05) is 6.92 Å². The minimum absolute atomic E-state index is 0.126. The van der Waals surface area contributed by atoms with Crippen LogP contribution in [0, 0.1) is 17.1 Å². The molecule has 18 heavy (non-hydrogen) atoms. The number of nitriles is 1. The highest BCUT2D eigenvalue weighted by Gasteiger charge is 2.26. The standard InChI is InChI=1S/C14H17FN2O/c1-3-13-9-18-10(2)8-17(13)14-5-11(7-16)4-12(15)6-14/h4-6,10,13H,3,8-9H2,1-2H3. The largest absolute Gasteiger partial charge is 0.375 e. The number of morpholine rings is 1. The summed E-state index contributed by atoms with van der Waals surface area (Å²) in [5, 5.41) is 8.90. The Morgan fingerprint density at radius 3 is 2.94 bits per heavy atom. The first-order chi connectivity index (χ1) is 8.63. The third-order valence-corrected chi connectivity index (χ3v) is 3.28. The quantitative estimate of drug-likeness (QED) is 0.807. The second-order valence-electron chi connectivity index (χ2n) is 4.67. The van der Waals surface area contributed by atoms with E-state index in [-0.39, 0.29) is 18.0 Å². The van der Waals surface area contributed by atoms with Crippen molar-refractivity contribution >= 4 is 5.69 Å². The van der Waals surface area contributed by atoms with Gasteiger partial charge in [0.05, 0.1) is 30.4 Å². The van der Waals surface area contributed by atoms with Gasteiger partial charge in [0.15, 0.2) is 0 Å². The average Bonchev–Trinajstić information content (AvgIpc) is 2.38. The zero-order valence-corrected chi connectivity index (χ0v) is 10.7. The van der Waals surface area contributed by atoms with Crippen molar-refractivity contribution in [2.45, 2.75) is 32.4 Å². The van der Waals surface area contributed by atoms with Crippen LogP contribution in [0.5, 0.6) is 0 Å². The summed E-state index contributed by atoms with van der Waals surface area (Å²) >= 11 is 0. The molecule has 0 amide bonds. The van der Waals surface area contributed by atoms with E-state index in [4.69, 9.17) is 10.00 Å². The van der Waals surface area contributed by atoms with E-state index in [0.717, 1.165) is 18.7 Å². The molecule has 0 saturated carbocycles. The Balaban J connectivity index is 2.33. The van der Waals surface area contributed by atoms with E-state index >= 15 is 0 Å². The van der Waals surface area contributed by atoms with Gasteiger partial charge in [0.25, 0.3) is 0 Å². The maximum absolute atomic E-state index is 13.5. The van der Waals surface area contributed by atoms with E-state index in [1.54, 1.807) is 6.07 Å². The molecule has 1 fully saturated rings. The SMILES string of the molecule is CCC1COC(C)CN1c1cc(F)cc(C#N)c1. The molecule has 1 saturated heterocycles. The van der Waals surface area contributed by atoms with Gasteiger partial charge in [-0.05, 0) is 31.5 Å². The van der Waals surface area contributed by atoms with Crippen LogP contribution >= 0.6 is 0 Å². The number of nitrogens with zero attached hydrogens (tertiary/aromatic N) is 2. The first-order valence-corrected chi connectivity index (χ1v) is 6.23. The van der Waals surface area contributed by atoms with Crippen molar-refractivity contribution in [2.75, 3.05) is 18.1 Å². The van der Waals surface area contributed by atoms with E-state index in [0.29, 0.717) is 12.2 Å². The molecule has 96 valence electrons. The number of hydrogen-bond acceptors (Lipinski definition) is 3. The van der Waals surface area contributed by atoms with Crippen molar-refractivity contribution in [2.24, 2.45) is 0 Å². The van der Waals surface area contributed by atoms with E-state index in [1.807, 2.05) is 13.0 Å². The normalized spacial score (nSPS) is 23.8. The number of ether oxygens (including phenoxy) is 1. The molecule has 0 spiro atoms. The molecule has 2 unspecified atom stereocenters. The number of anilines is 1. The minimum Gasteiger partial charge on any atom is -0.375 e. The Labute approximate surface area is 107 Å².